The Bertz CT molecular complexity index is 473. The van der Waals surface area contributed by atoms with Crippen molar-refractivity contribution < 1.29 is 19.1 Å². The number of phenols is 1. The van der Waals surface area contributed by atoms with E-state index in [-0.39, 0.29) is 11.7 Å². The number of quaternary nitrogens is 1. The maximum Gasteiger partial charge on any atom is 0.220 e. The average molecular weight is 295 g/mol. The molecule has 0 atom stereocenters. The Morgan fingerprint density at radius 3 is 2.71 bits per heavy atom. The average Bonchev–Trinajstić information content (AvgIpc) is 2.46. The highest BCUT2D eigenvalue weighted by molar-refractivity contribution is 5.76. The molecule has 5 nitrogen and oxygen atoms in total. The van der Waals surface area contributed by atoms with Crippen molar-refractivity contribution in [2.24, 2.45) is 0 Å². The molecule has 0 aliphatic rings. The molecule has 0 bridgehead atoms. The molecule has 0 spiro atoms. The zero-order valence-electron chi connectivity index (χ0n) is 13.5. The van der Waals surface area contributed by atoms with Gasteiger partial charge < -0.3 is 19.6 Å². The quantitative estimate of drug-likeness (QED) is 0.715. The molecule has 0 aliphatic heterocycles. The van der Waals surface area contributed by atoms with Gasteiger partial charge in [-0.2, -0.15) is 0 Å². The van der Waals surface area contributed by atoms with Crippen LogP contribution in [-0.2, 0) is 11.2 Å². The van der Waals surface area contributed by atoms with Gasteiger partial charge in [0.05, 0.1) is 40.8 Å². The van der Waals surface area contributed by atoms with E-state index in [1.54, 1.807) is 12.1 Å². The minimum atomic E-state index is 0.0538. The molecule has 1 rings (SSSR count). The van der Waals surface area contributed by atoms with Gasteiger partial charge >= 0.3 is 0 Å². The van der Waals surface area contributed by atoms with E-state index in [1.165, 1.54) is 7.11 Å². The second-order valence-electron chi connectivity index (χ2n) is 5.83. The van der Waals surface area contributed by atoms with Gasteiger partial charge in [-0.3, -0.25) is 4.79 Å². The van der Waals surface area contributed by atoms with Gasteiger partial charge in [0.1, 0.15) is 0 Å². The van der Waals surface area contributed by atoms with E-state index in [2.05, 4.69) is 26.3 Å². The van der Waals surface area contributed by atoms with E-state index in [0.717, 1.165) is 23.1 Å². The van der Waals surface area contributed by atoms with Crippen LogP contribution in [0, 0.1) is 0 Å². The zero-order valence-corrected chi connectivity index (χ0v) is 13.5. The smallest absolute Gasteiger partial charge is 0.220 e. The number of benzene rings is 1. The maximum atomic E-state index is 11.8. The Kier molecular flexibility index (Phi) is 6.49. The number of likely N-dealkylation sites (N-methyl/N-ethyl adjacent to an activating group) is 1. The van der Waals surface area contributed by atoms with Gasteiger partial charge in [0.2, 0.25) is 5.91 Å². The molecule has 0 aliphatic carbocycles. The van der Waals surface area contributed by atoms with Crippen molar-refractivity contribution in [1.29, 1.82) is 0 Å². The molecule has 1 aromatic carbocycles. The minimum Gasteiger partial charge on any atom is -0.504 e. The highest BCUT2D eigenvalue weighted by Crippen LogP contribution is 2.26. The van der Waals surface area contributed by atoms with E-state index in [4.69, 9.17) is 4.74 Å². The van der Waals surface area contributed by atoms with Crippen molar-refractivity contribution >= 4 is 5.91 Å². The van der Waals surface area contributed by atoms with Crippen LogP contribution in [0.1, 0.15) is 18.9 Å². The molecule has 2 N–H and O–H groups in total. The lowest BCUT2D eigenvalue weighted by atomic mass is 10.1. The molecule has 0 saturated carbocycles. The molecule has 118 valence electrons. The molecule has 0 fully saturated rings. The molecule has 21 heavy (non-hydrogen) atoms. The zero-order chi connectivity index (χ0) is 15.9. The third kappa shape index (κ3) is 6.04. The number of nitrogens with zero attached hydrogens (tertiary/aromatic N) is 1. The van der Waals surface area contributed by atoms with Crippen molar-refractivity contribution in [3.8, 4) is 11.5 Å². The van der Waals surface area contributed by atoms with E-state index in [0.29, 0.717) is 25.1 Å². The Hall–Kier alpha value is -1.75. The first-order chi connectivity index (χ1) is 9.88. The number of carbonyl (C=O) groups excluding carboxylic acids is 1. The number of ether oxygens (including phenoxy) is 1. The topological polar surface area (TPSA) is 58.6 Å². The van der Waals surface area contributed by atoms with E-state index in [1.807, 2.05) is 6.07 Å². The van der Waals surface area contributed by atoms with Crippen LogP contribution in [0.2, 0.25) is 0 Å². The predicted octanol–water partition coefficient (Wildman–Crippen LogP) is 1.55. The van der Waals surface area contributed by atoms with Gasteiger partial charge in [0.15, 0.2) is 11.5 Å². The highest BCUT2D eigenvalue weighted by Gasteiger charge is 2.12. The summed E-state index contributed by atoms with van der Waals surface area (Å²) in [5, 5.41) is 12.5. The molecule has 0 radical (unpaired) electrons. The number of methoxy groups -OCH3 is 1. The van der Waals surface area contributed by atoms with E-state index >= 15 is 0 Å². The van der Waals surface area contributed by atoms with Crippen LogP contribution in [-0.4, -0.2) is 56.3 Å². The summed E-state index contributed by atoms with van der Waals surface area (Å²) in [7, 11) is 5.81. The first-order valence-corrected chi connectivity index (χ1v) is 7.32. The minimum absolute atomic E-state index is 0.0538. The second kappa shape index (κ2) is 7.88. The molecular weight excluding hydrogens is 268 g/mol. The summed E-state index contributed by atoms with van der Waals surface area (Å²) in [5.74, 6) is 0.610. The van der Waals surface area contributed by atoms with Crippen LogP contribution in [0.5, 0.6) is 11.5 Å². The molecule has 0 heterocycles. The summed E-state index contributed by atoms with van der Waals surface area (Å²) in [6.45, 7) is 4.80. The lowest BCUT2D eigenvalue weighted by Gasteiger charge is -2.28. The van der Waals surface area contributed by atoms with Crippen molar-refractivity contribution in [3.63, 3.8) is 0 Å². The molecular formula is C16H27N2O3+. The number of carbonyl (C=O) groups is 1. The van der Waals surface area contributed by atoms with Crippen LogP contribution in [0.15, 0.2) is 18.2 Å². The van der Waals surface area contributed by atoms with Crippen molar-refractivity contribution in [1.82, 2.24) is 5.32 Å². The van der Waals surface area contributed by atoms with E-state index in [9.17, 15) is 9.90 Å². The second-order valence-corrected chi connectivity index (χ2v) is 5.83. The standard InChI is InChI=1S/C16H26N2O3/c1-5-18(2,3)11-10-17-16(20)9-7-13-6-8-14(19)15(12-13)21-4/h6,8,12H,5,7,9-11H2,1-4H3,(H-,17,19,20)/p+1. The van der Waals surface area contributed by atoms with Gasteiger partial charge in [-0.15, -0.1) is 0 Å². The van der Waals surface area contributed by atoms with Crippen LogP contribution < -0.4 is 10.1 Å². The number of amides is 1. The lowest BCUT2D eigenvalue weighted by molar-refractivity contribution is -0.887. The van der Waals surface area contributed by atoms with E-state index < -0.39 is 0 Å². The van der Waals surface area contributed by atoms with Gasteiger partial charge in [-0.05, 0) is 31.0 Å². The first-order valence-electron chi connectivity index (χ1n) is 7.32. The monoisotopic (exact) mass is 295 g/mol. The summed E-state index contributed by atoms with van der Waals surface area (Å²) in [6, 6.07) is 5.16. The third-order valence-corrected chi connectivity index (χ3v) is 3.78. The predicted molar refractivity (Wildman–Crippen MR) is 83.5 cm³/mol. The van der Waals surface area contributed by atoms with Crippen molar-refractivity contribution in [2.45, 2.75) is 19.8 Å². The third-order valence-electron chi connectivity index (χ3n) is 3.78. The fraction of sp³-hybridized carbons (Fsp3) is 0.562. The van der Waals surface area contributed by atoms with Crippen LogP contribution >= 0.6 is 0 Å². The van der Waals surface area contributed by atoms with Gasteiger partial charge in [-0.25, -0.2) is 0 Å². The number of nitrogens with one attached hydrogen (secondary N) is 1. The summed E-state index contributed by atoms with van der Waals surface area (Å²) in [6.07, 6.45) is 1.07. The summed E-state index contributed by atoms with van der Waals surface area (Å²) < 4.78 is 5.95. The van der Waals surface area contributed by atoms with Crippen LogP contribution in [0.25, 0.3) is 0 Å². The molecule has 1 aromatic rings. The Balaban J connectivity index is 2.36. The molecule has 0 saturated heterocycles. The van der Waals surface area contributed by atoms with Crippen molar-refractivity contribution in [2.75, 3.05) is 40.8 Å². The van der Waals surface area contributed by atoms with Crippen LogP contribution in [0.3, 0.4) is 0 Å². The summed E-state index contributed by atoms with van der Waals surface area (Å²) in [4.78, 5) is 11.8. The number of aromatic hydroxyl groups is 1. The largest absolute Gasteiger partial charge is 0.504 e. The SMILES string of the molecule is CC[N+](C)(C)CCNC(=O)CCc1ccc(O)c(OC)c1. The lowest BCUT2D eigenvalue weighted by Crippen LogP contribution is -2.45. The molecule has 0 aromatic heterocycles. The normalized spacial score (nSPS) is 11.2. The van der Waals surface area contributed by atoms with Crippen molar-refractivity contribution in [3.05, 3.63) is 23.8 Å². The Morgan fingerprint density at radius 1 is 1.38 bits per heavy atom. The molecule has 1 amide bonds. The number of hydrogen-bond donors (Lipinski definition) is 2. The van der Waals surface area contributed by atoms with Gasteiger partial charge in [0.25, 0.3) is 0 Å². The number of phenolic OH excluding ortho intramolecular Hbond substituents is 1. The number of hydrogen-bond acceptors (Lipinski definition) is 3. The fourth-order valence-corrected chi connectivity index (χ4v) is 1.88. The highest BCUT2D eigenvalue weighted by atomic mass is 16.5. The summed E-state index contributed by atoms with van der Waals surface area (Å²) in [5.41, 5.74) is 0.976. The molecule has 0 unspecified atom stereocenters. The number of rotatable bonds is 8. The summed E-state index contributed by atoms with van der Waals surface area (Å²) >= 11 is 0. The Morgan fingerprint density at radius 2 is 2.10 bits per heavy atom. The van der Waals surface area contributed by atoms with Gasteiger partial charge in [-0.1, -0.05) is 6.07 Å². The van der Waals surface area contributed by atoms with Gasteiger partial charge in [0, 0.05) is 6.42 Å². The number of aryl methyl sites for hydroxylation is 1. The maximum absolute atomic E-state index is 11.8. The van der Waals surface area contributed by atoms with Crippen LogP contribution in [0.4, 0.5) is 0 Å². The fourth-order valence-electron chi connectivity index (χ4n) is 1.88. The Labute approximate surface area is 127 Å². The molecule has 5 heteroatoms. The first kappa shape index (κ1) is 17.3.